The van der Waals surface area contributed by atoms with Gasteiger partial charge in [-0.15, -0.1) is 0 Å². The molecule has 1 aliphatic rings. The van der Waals surface area contributed by atoms with Crippen molar-refractivity contribution in [2.75, 3.05) is 6.54 Å². The molecule has 2 atom stereocenters. The van der Waals surface area contributed by atoms with Gasteiger partial charge in [-0.3, -0.25) is 4.57 Å². The third kappa shape index (κ3) is 1.06. The second-order valence-electron chi connectivity index (χ2n) is 3.17. The summed E-state index contributed by atoms with van der Waals surface area (Å²) in [5, 5.41) is 9.38. The van der Waals surface area contributed by atoms with E-state index in [0.717, 1.165) is 13.0 Å². The molecule has 1 saturated heterocycles. The molecule has 5 nitrogen and oxygen atoms in total. The van der Waals surface area contributed by atoms with Crippen LogP contribution in [0.4, 0.5) is 0 Å². The Morgan fingerprint density at radius 2 is 2.58 bits per heavy atom. The highest BCUT2D eigenvalue weighted by Gasteiger charge is 2.25. The maximum Gasteiger partial charge on any atom is 0.343 e. The van der Waals surface area contributed by atoms with Crippen molar-refractivity contribution < 1.29 is 0 Å². The summed E-state index contributed by atoms with van der Waals surface area (Å²) in [4.78, 5) is 11.2. The smallest absolute Gasteiger partial charge is 0.312 e. The van der Waals surface area contributed by atoms with E-state index in [0.29, 0.717) is 6.04 Å². The Hall–Kier alpha value is -1.10. The fourth-order valence-electron chi connectivity index (χ4n) is 1.72. The summed E-state index contributed by atoms with van der Waals surface area (Å²) in [5.41, 5.74) is -0.115. The molecule has 5 heteroatoms. The van der Waals surface area contributed by atoms with E-state index in [1.165, 1.54) is 0 Å². The van der Waals surface area contributed by atoms with Crippen LogP contribution in [0, 0.1) is 0 Å². The van der Waals surface area contributed by atoms with Crippen molar-refractivity contribution in [1.29, 1.82) is 0 Å². The molecule has 0 saturated carbocycles. The Morgan fingerprint density at radius 3 is 3.08 bits per heavy atom. The lowest BCUT2D eigenvalue weighted by Gasteiger charge is -2.14. The first-order chi connectivity index (χ1) is 5.79. The van der Waals surface area contributed by atoms with Gasteiger partial charge in [0.1, 0.15) is 6.33 Å². The molecule has 66 valence electrons. The van der Waals surface area contributed by atoms with Crippen LogP contribution >= 0.6 is 0 Å². The quantitative estimate of drug-likeness (QED) is 0.594. The van der Waals surface area contributed by atoms with Crippen molar-refractivity contribution in [2.24, 2.45) is 0 Å². The first-order valence-corrected chi connectivity index (χ1v) is 4.14. The van der Waals surface area contributed by atoms with E-state index in [1.807, 2.05) is 0 Å². The molecule has 0 radical (unpaired) electrons. The Kier molecular flexibility index (Phi) is 1.73. The molecule has 0 aliphatic carbocycles. The van der Waals surface area contributed by atoms with Crippen molar-refractivity contribution in [3.8, 4) is 0 Å². The van der Waals surface area contributed by atoms with E-state index < -0.39 is 0 Å². The second kappa shape index (κ2) is 2.75. The van der Waals surface area contributed by atoms with Crippen molar-refractivity contribution in [2.45, 2.75) is 25.4 Å². The maximum atomic E-state index is 11.2. The van der Waals surface area contributed by atoms with Crippen LogP contribution in [0.25, 0.3) is 0 Å². The van der Waals surface area contributed by atoms with Gasteiger partial charge in [0.15, 0.2) is 0 Å². The Labute approximate surface area is 69.8 Å². The average molecular weight is 168 g/mol. The molecule has 1 fully saturated rings. The van der Waals surface area contributed by atoms with E-state index in [2.05, 4.69) is 22.4 Å². The largest absolute Gasteiger partial charge is 0.343 e. The maximum absolute atomic E-state index is 11.2. The van der Waals surface area contributed by atoms with Gasteiger partial charge < -0.3 is 5.32 Å². The van der Waals surface area contributed by atoms with Crippen LogP contribution in [0.1, 0.15) is 19.4 Å². The molecule has 2 unspecified atom stereocenters. The van der Waals surface area contributed by atoms with Gasteiger partial charge in [-0.25, -0.2) is 9.89 Å². The minimum atomic E-state index is -0.115. The number of aromatic nitrogens is 3. The van der Waals surface area contributed by atoms with E-state index in [4.69, 9.17) is 0 Å². The van der Waals surface area contributed by atoms with Crippen LogP contribution in [0.3, 0.4) is 0 Å². The van der Waals surface area contributed by atoms with Crippen LogP contribution in [0.15, 0.2) is 11.1 Å². The molecule has 12 heavy (non-hydrogen) atoms. The third-order valence-corrected chi connectivity index (χ3v) is 2.42. The molecule has 2 N–H and O–H groups in total. The SMILES string of the molecule is CC1NCCC1n1cn[nH]c1=O. The first kappa shape index (κ1) is 7.54. The van der Waals surface area contributed by atoms with E-state index in [-0.39, 0.29) is 11.7 Å². The molecule has 2 rings (SSSR count). The average Bonchev–Trinajstić information content (AvgIpc) is 2.59. The predicted molar refractivity (Wildman–Crippen MR) is 44.0 cm³/mol. The lowest BCUT2D eigenvalue weighted by Crippen LogP contribution is -2.30. The molecule has 1 aromatic rings. The highest BCUT2D eigenvalue weighted by atomic mass is 16.1. The van der Waals surface area contributed by atoms with E-state index >= 15 is 0 Å². The number of hydrogen-bond acceptors (Lipinski definition) is 3. The lowest BCUT2D eigenvalue weighted by atomic mass is 10.1. The minimum absolute atomic E-state index is 0.115. The van der Waals surface area contributed by atoms with Crippen LogP contribution in [0.2, 0.25) is 0 Å². The molecule has 0 aromatic carbocycles. The number of rotatable bonds is 1. The second-order valence-corrected chi connectivity index (χ2v) is 3.17. The summed E-state index contributed by atoms with van der Waals surface area (Å²) in [6, 6.07) is 0.622. The van der Waals surface area contributed by atoms with Crippen LogP contribution in [0.5, 0.6) is 0 Å². The molecule has 1 aliphatic heterocycles. The normalized spacial score (nSPS) is 29.4. The van der Waals surface area contributed by atoms with Crippen LogP contribution < -0.4 is 11.0 Å². The highest BCUT2D eigenvalue weighted by molar-refractivity contribution is 4.87. The summed E-state index contributed by atoms with van der Waals surface area (Å²) < 4.78 is 1.66. The van der Waals surface area contributed by atoms with Crippen LogP contribution in [-0.4, -0.2) is 27.4 Å². The van der Waals surface area contributed by atoms with Crippen molar-refractivity contribution >= 4 is 0 Å². The molecule has 0 amide bonds. The van der Waals surface area contributed by atoms with Gasteiger partial charge in [-0.1, -0.05) is 0 Å². The molecule has 0 spiro atoms. The number of nitrogens with one attached hydrogen (secondary N) is 2. The summed E-state index contributed by atoms with van der Waals surface area (Å²) in [5.74, 6) is 0. The topological polar surface area (TPSA) is 62.7 Å². The summed E-state index contributed by atoms with van der Waals surface area (Å²) >= 11 is 0. The van der Waals surface area contributed by atoms with Gasteiger partial charge in [0, 0.05) is 6.04 Å². The van der Waals surface area contributed by atoms with Crippen LogP contribution in [-0.2, 0) is 0 Å². The summed E-state index contributed by atoms with van der Waals surface area (Å²) in [6.45, 7) is 3.06. The van der Waals surface area contributed by atoms with Gasteiger partial charge in [0.25, 0.3) is 0 Å². The Morgan fingerprint density at radius 1 is 1.75 bits per heavy atom. The molecule has 0 bridgehead atoms. The number of H-pyrrole nitrogens is 1. The number of nitrogens with zero attached hydrogens (tertiary/aromatic N) is 2. The van der Waals surface area contributed by atoms with Gasteiger partial charge in [-0.05, 0) is 19.9 Å². The zero-order valence-corrected chi connectivity index (χ0v) is 6.95. The van der Waals surface area contributed by atoms with E-state index in [9.17, 15) is 4.79 Å². The number of hydrogen-bond donors (Lipinski definition) is 2. The fourth-order valence-corrected chi connectivity index (χ4v) is 1.72. The standard InChI is InChI=1S/C7H12N4O/c1-5-6(2-3-8-5)11-4-9-10-7(11)12/h4-6,8H,2-3H2,1H3,(H,10,12). The van der Waals surface area contributed by atoms with Gasteiger partial charge in [0.05, 0.1) is 6.04 Å². The van der Waals surface area contributed by atoms with Crippen molar-refractivity contribution in [1.82, 2.24) is 20.1 Å². The molecule has 2 heterocycles. The summed E-state index contributed by atoms with van der Waals surface area (Å²) in [6.07, 6.45) is 2.57. The predicted octanol–water partition coefficient (Wildman–Crippen LogP) is -0.506. The van der Waals surface area contributed by atoms with E-state index in [1.54, 1.807) is 10.9 Å². The van der Waals surface area contributed by atoms with Gasteiger partial charge in [0.2, 0.25) is 0 Å². The van der Waals surface area contributed by atoms with Gasteiger partial charge in [-0.2, -0.15) is 5.10 Å². The van der Waals surface area contributed by atoms with Gasteiger partial charge >= 0.3 is 5.69 Å². The molecular formula is C7H12N4O. The zero-order chi connectivity index (χ0) is 8.55. The Balaban J connectivity index is 2.30. The molecule has 1 aromatic heterocycles. The third-order valence-electron chi connectivity index (χ3n) is 2.42. The fraction of sp³-hybridized carbons (Fsp3) is 0.714. The van der Waals surface area contributed by atoms with Crippen molar-refractivity contribution in [3.63, 3.8) is 0 Å². The summed E-state index contributed by atoms with van der Waals surface area (Å²) in [7, 11) is 0. The monoisotopic (exact) mass is 168 g/mol. The lowest BCUT2D eigenvalue weighted by molar-refractivity contribution is 0.447. The zero-order valence-electron chi connectivity index (χ0n) is 6.95. The first-order valence-electron chi connectivity index (χ1n) is 4.14. The van der Waals surface area contributed by atoms with Crippen molar-refractivity contribution in [3.05, 3.63) is 16.8 Å². The number of aromatic amines is 1. The minimum Gasteiger partial charge on any atom is -0.312 e. The highest BCUT2D eigenvalue weighted by Crippen LogP contribution is 2.18. The Bertz CT molecular complexity index is 315. The molecular weight excluding hydrogens is 156 g/mol.